The van der Waals surface area contributed by atoms with Gasteiger partial charge in [-0.05, 0) is 49.9 Å². The topological polar surface area (TPSA) is 45.0 Å². The van der Waals surface area contributed by atoms with E-state index in [0.29, 0.717) is 16.5 Å². The van der Waals surface area contributed by atoms with Crippen LogP contribution in [-0.4, -0.2) is 13.0 Å². The monoisotopic (exact) mass is 330 g/mol. The van der Waals surface area contributed by atoms with Crippen LogP contribution in [0, 0.1) is 20.8 Å². The maximum Gasteiger partial charge on any atom is 0.151 e. The van der Waals surface area contributed by atoms with Gasteiger partial charge in [0.2, 0.25) is 0 Å². The molecular formula is C21H23BN2O. The lowest BCUT2D eigenvalue weighted by Gasteiger charge is -2.11. The van der Waals surface area contributed by atoms with Crippen molar-refractivity contribution >= 4 is 35.5 Å². The largest absolute Gasteiger partial charge is 0.505 e. The van der Waals surface area contributed by atoms with Crippen LogP contribution < -0.4 is 5.46 Å². The lowest BCUT2D eigenvalue weighted by atomic mass is 9.85. The van der Waals surface area contributed by atoms with Crippen molar-refractivity contribution in [3.8, 4) is 5.75 Å². The van der Waals surface area contributed by atoms with E-state index in [9.17, 15) is 5.11 Å². The van der Waals surface area contributed by atoms with Crippen molar-refractivity contribution in [2.24, 2.45) is 10.2 Å². The second kappa shape index (κ2) is 7.97. The minimum Gasteiger partial charge on any atom is -0.505 e. The highest BCUT2D eigenvalue weighted by atomic mass is 16.3. The second-order valence-electron chi connectivity index (χ2n) is 5.82. The minimum atomic E-state index is 0.113. The number of benzene rings is 3. The van der Waals surface area contributed by atoms with E-state index in [1.807, 2.05) is 77.1 Å². The lowest BCUT2D eigenvalue weighted by Crippen LogP contribution is -2.08. The predicted molar refractivity (Wildman–Crippen MR) is 107 cm³/mol. The Hall–Kier alpha value is -2.62. The molecule has 0 saturated heterocycles. The van der Waals surface area contributed by atoms with E-state index in [-0.39, 0.29) is 5.75 Å². The van der Waals surface area contributed by atoms with Crippen LogP contribution in [0.2, 0.25) is 0 Å². The van der Waals surface area contributed by atoms with Gasteiger partial charge in [0.15, 0.2) is 5.75 Å². The summed E-state index contributed by atoms with van der Waals surface area (Å²) in [6, 6.07) is 13.5. The number of aryl methyl sites for hydroxylation is 3. The summed E-state index contributed by atoms with van der Waals surface area (Å²) in [5.74, 6) is 0.113. The summed E-state index contributed by atoms with van der Waals surface area (Å²) in [7, 11) is 6.12. The van der Waals surface area contributed by atoms with E-state index in [4.69, 9.17) is 7.85 Å². The molecule has 3 aromatic rings. The number of nitrogens with zero attached hydrogens (tertiary/aromatic N) is 2. The number of phenolic OH excluding ortho intramolecular Hbond substituents is 1. The fourth-order valence-electron chi connectivity index (χ4n) is 2.55. The number of azo groups is 1. The summed E-state index contributed by atoms with van der Waals surface area (Å²) in [5.41, 5.74) is 4.90. The standard InChI is InChI=1S/C19H17BN2O.C2H6/c1-11-4-7-14(8-5-11)21-22-18-13(3)10-16-15(19(18)23)9-6-12(2)17(16)20;1-2/h4-10,23H,1-3H3;1-2H3. The third kappa shape index (κ3) is 3.90. The van der Waals surface area contributed by atoms with Crippen molar-refractivity contribution in [3.63, 3.8) is 0 Å². The molecule has 3 aromatic carbocycles. The van der Waals surface area contributed by atoms with E-state index in [1.54, 1.807) is 0 Å². The summed E-state index contributed by atoms with van der Waals surface area (Å²) < 4.78 is 0. The van der Waals surface area contributed by atoms with Gasteiger partial charge in [-0.15, -0.1) is 5.11 Å². The van der Waals surface area contributed by atoms with Gasteiger partial charge in [0, 0.05) is 5.39 Å². The lowest BCUT2D eigenvalue weighted by molar-refractivity contribution is 0.482. The zero-order chi connectivity index (χ0) is 18.6. The molecule has 0 bridgehead atoms. The van der Waals surface area contributed by atoms with E-state index in [0.717, 1.165) is 22.2 Å². The summed E-state index contributed by atoms with van der Waals surface area (Å²) in [5, 5.41) is 20.6. The maximum absolute atomic E-state index is 10.6. The third-order valence-corrected chi connectivity index (χ3v) is 4.02. The SMILES string of the molecule is CC.[B]c1c(C)ccc2c(O)c(N=Nc3ccc(C)cc3)c(C)cc12. The van der Waals surface area contributed by atoms with Gasteiger partial charge < -0.3 is 5.11 Å². The minimum absolute atomic E-state index is 0.113. The average Bonchev–Trinajstić information content (AvgIpc) is 2.62. The van der Waals surface area contributed by atoms with Crippen molar-refractivity contribution in [2.75, 3.05) is 0 Å². The van der Waals surface area contributed by atoms with Crippen LogP contribution in [0.1, 0.15) is 30.5 Å². The number of hydrogen-bond acceptors (Lipinski definition) is 3. The predicted octanol–water partition coefficient (Wildman–Crippen LogP) is 5.71. The van der Waals surface area contributed by atoms with Crippen molar-refractivity contribution in [3.05, 3.63) is 59.2 Å². The van der Waals surface area contributed by atoms with Gasteiger partial charge in [0.1, 0.15) is 13.5 Å². The summed E-state index contributed by atoms with van der Waals surface area (Å²) in [4.78, 5) is 0. The van der Waals surface area contributed by atoms with Crippen LogP contribution in [0.3, 0.4) is 0 Å². The normalized spacial score (nSPS) is 10.8. The molecule has 25 heavy (non-hydrogen) atoms. The maximum atomic E-state index is 10.6. The van der Waals surface area contributed by atoms with Crippen LogP contribution in [0.5, 0.6) is 5.75 Å². The van der Waals surface area contributed by atoms with Crippen molar-refractivity contribution in [1.29, 1.82) is 0 Å². The Kier molecular flexibility index (Phi) is 5.97. The molecule has 0 amide bonds. The molecule has 0 saturated carbocycles. The third-order valence-electron chi connectivity index (χ3n) is 4.02. The van der Waals surface area contributed by atoms with E-state index >= 15 is 0 Å². The molecule has 0 aromatic heterocycles. The van der Waals surface area contributed by atoms with Gasteiger partial charge in [0.25, 0.3) is 0 Å². The van der Waals surface area contributed by atoms with Crippen molar-refractivity contribution < 1.29 is 5.11 Å². The van der Waals surface area contributed by atoms with Crippen LogP contribution in [-0.2, 0) is 0 Å². The molecule has 0 fully saturated rings. The summed E-state index contributed by atoms with van der Waals surface area (Å²) >= 11 is 0. The molecule has 4 heteroatoms. The first-order valence-electron chi connectivity index (χ1n) is 8.47. The highest BCUT2D eigenvalue weighted by molar-refractivity contribution is 6.40. The van der Waals surface area contributed by atoms with Gasteiger partial charge >= 0.3 is 0 Å². The van der Waals surface area contributed by atoms with Gasteiger partial charge in [0.05, 0.1) is 5.69 Å². The van der Waals surface area contributed by atoms with Gasteiger partial charge in [-0.3, -0.25) is 0 Å². The Morgan fingerprint density at radius 1 is 0.800 bits per heavy atom. The molecule has 0 aliphatic heterocycles. The fraction of sp³-hybridized carbons (Fsp3) is 0.238. The molecule has 2 radical (unpaired) electrons. The van der Waals surface area contributed by atoms with Crippen molar-refractivity contribution in [2.45, 2.75) is 34.6 Å². The number of aromatic hydroxyl groups is 1. The van der Waals surface area contributed by atoms with E-state index in [2.05, 4.69) is 10.2 Å². The van der Waals surface area contributed by atoms with Gasteiger partial charge in [-0.1, -0.05) is 54.7 Å². The number of phenols is 1. The molecule has 0 aliphatic carbocycles. The first kappa shape index (κ1) is 18.7. The first-order chi connectivity index (χ1) is 12.0. The Bertz CT molecular complexity index is 916. The van der Waals surface area contributed by atoms with Crippen LogP contribution in [0.25, 0.3) is 10.8 Å². The number of fused-ring (bicyclic) bond motifs is 1. The van der Waals surface area contributed by atoms with Gasteiger partial charge in [-0.2, -0.15) is 5.11 Å². The molecule has 0 atom stereocenters. The summed E-state index contributed by atoms with van der Waals surface area (Å²) in [6.07, 6.45) is 0. The van der Waals surface area contributed by atoms with Crippen LogP contribution in [0.4, 0.5) is 11.4 Å². The zero-order valence-electron chi connectivity index (χ0n) is 15.5. The smallest absolute Gasteiger partial charge is 0.151 e. The fourth-order valence-corrected chi connectivity index (χ4v) is 2.55. The Morgan fingerprint density at radius 3 is 2.08 bits per heavy atom. The molecule has 3 rings (SSSR count). The molecule has 3 nitrogen and oxygen atoms in total. The average molecular weight is 330 g/mol. The Balaban J connectivity index is 0.00000109. The summed E-state index contributed by atoms with van der Waals surface area (Å²) in [6.45, 7) is 9.86. The molecule has 0 heterocycles. The Morgan fingerprint density at radius 2 is 1.44 bits per heavy atom. The highest BCUT2D eigenvalue weighted by Crippen LogP contribution is 2.38. The molecule has 0 spiro atoms. The zero-order valence-corrected chi connectivity index (χ0v) is 15.5. The molecular weight excluding hydrogens is 307 g/mol. The second-order valence-corrected chi connectivity index (χ2v) is 5.82. The van der Waals surface area contributed by atoms with Crippen LogP contribution in [0.15, 0.2) is 52.7 Å². The highest BCUT2D eigenvalue weighted by Gasteiger charge is 2.12. The molecule has 0 aliphatic rings. The molecule has 1 N–H and O–H groups in total. The first-order valence-corrected chi connectivity index (χ1v) is 8.47. The van der Waals surface area contributed by atoms with Gasteiger partial charge in [-0.25, -0.2) is 0 Å². The van der Waals surface area contributed by atoms with Crippen molar-refractivity contribution in [1.82, 2.24) is 0 Å². The van der Waals surface area contributed by atoms with E-state index in [1.165, 1.54) is 5.56 Å². The Labute approximate surface area is 150 Å². The van der Waals surface area contributed by atoms with Crippen LogP contribution >= 0.6 is 0 Å². The number of hydrogen-bond donors (Lipinski definition) is 1. The van der Waals surface area contributed by atoms with E-state index < -0.39 is 0 Å². The quantitative estimate of drug-likeness (QED) is 0.475. The molecule has 126 valence electrons. The molecule has 0 unspecified atom stereocenters. The number of rotatable bonds is 2.